The molecule has 8 heteroatoms. The standard InChI is InChI=1S/C21H31N5O3/c1-4-22-21(23-8-7-17-5-6-19(28-3)14-20(17)27)26-11-9-25(10-12-26)15-18-13-16(2)29-24-18/h5-6,13-14,27H,4,7-12,15H2,1-3H3,(H,22,23). The molecule has 158 valence electrons. The molecule has 1 aliphatic rings. The smallest absolute Gasteiger partial charge is 0.194 e. The lowest BCUT2D eigenvalue weighted by Crippen LogP contribution is -2.52. The molecule has 1 fully saturated rings. The fourth-order valence-electron chi connectivity index (χ4n) is 3.43. The predicted octanol–water partition coefficient (Wildman–Crippen LogP) is 2.02. The lowest BCUT2D eigenvalue weighted by Gasteiger charge is -2.36. The predicted molar refractivity (Wildman–Crippen MR) is 112 cm³/mol. The van der Waals surface area contributed by atoms with E-state index in [9.17, 15) is 5.11 Å². The van der Waals surface area contributed by atoms with Crippen molar-refractivity contribution in [2.24, 2.45) is 4.99 Å². The first-order chi connectivity index (χ1) is 14.1. The van der Waals surface area contributed by atoms with E-state index in [1.165, 1.54) is 0 Å². The van der Waals surface area contributed by atoms with Crippen LogP contribution in [0.25, 0.3) is 0 Å². The lowest BCUT2D eigenvalue weighted by molar-refractivity contribution is 0.169. The van der Waals surface area contributed by atoms with Crippen LogP contribution in [-0.4, -0.2) is 72.4 Å². The van der Waals surface area contributed by atoms with Gasteiger partial charge in [0, 0.05) is 57.9 Å². The number of phenolic OH excluding ortho intramolecular Hbond substituents is 1. The van der Waals surface area contributed by atoms with Crippen LogP contribution < -0.4 is 10.1 Å². The van der Waals surface area contributed by atoms with Crippen molar-refractivity contribution < 1.29 is 14.4 Å². The average molecular weight is 402 g/mol. The van der Waals surface area contributed by atoms with Crippen LogP contribution in [0, 0.1) is 6.92 Å². The zero-order valence-corrected chi connectivity index (χ0v) is 17.5. The van der Waals surface area contributed by atoms with Crippen molar-refractivity contribution in [1.29, 1.82) is 0 Å². The first-order valence-electron chi connectivity index (χ1n) is 10.1. The summed E-state index contributed by atoms with van der Waals surface area (Å²) >= 11 is 0. The monoisotopic (exact) mass is 401 g/mol. The molecule has 0 spiro atoms. The van der Waals surface area contributed by atoms with Gasteiger partial charge in [0.25, 0.3) is 0 Å². The van der Waals surface area contributed by atoms with Crippen molar-refractivity contribution in [2.75, 3.05) is 46.4 Å². The Kier molecular flexibility index (Phi) is 7.35. The Labute approximate surface area is 172 Å². The van der Waals surface area contributed by atoms with Crippen LogP contribution in [0.1, 0.15) is 23.9 Å². The van der Waals surface area contributed by atoms with Crippen molar-refractivity contribution in [3.63, 3.8) is 0 Å². The third-order valence-corrected chi connectivity index (χ3v) is 5.00. The minimum absolute atomic E-state index is 0.251. The second-order valence-electron chi connectivity index (χ2n) is 7.17. The molecule has 1 aromatic heterocycles. The molecule has 1 saturated heterocycles. The van der Waals surface area contributed by atoms with E-state index in [0.29, 0.717) is 18.7 Å². The highest BCUT2D eigenvalue weighted by Crippen LogP contribution is 2.23. The van der Waals surface area contributed by atoms with Crippen molar-refractivity contribution >= 4 is 5.96 Å². The summed E-state index contributed by atoms with van der Waals surface area (Å²) in [6, 6.07) is 7.38. The fourth-order valence-corrected chi connectivity index (χ4v) is 3.43. The summed E-state index contributed by atoms with van der Waals surface area (Å²) in [5.74, 6) is 2.68. The van der Waals surface area contributed by atoms with Gasteiger partial charge in [0.2, 0.25) is 0 Å². The maximum atomic E-state index is 10.1. The van der Waals surface area contributed by atoms with Gasteiger partial charge < -0.3 is 24.6 Å². The van der Waals surface area contributed by atoms with Crippen LogP contribution in [-0.2, 0) is 13.0 Å². The van der Waals surface area contributed by atoms with Gasteiger partial charge in [-0.1, -0.05) is 11.2 Å². The number of hydrogen-bond acceptors (Lipinski definition) is 6. The molecule has 29 heavy (non-hydrogen) atoms. The number of guanidine groups is 1. The number of methoxy groups -OCH3 is 1. The van der Waals surface area contributed by atoms with Crippen LogP contribution in [0.2, 0.25) is 0 Å². The number of piperazine rings is 1. The highest BCUT2D eigenvalue weighted by atomic mass is 16.5. The number of aryl methyl sites for hydroxylation is 1. The van der Waals surface area contributed by atoms with E-state index < -0.39 is 0 Å². The molecular weight excluding hydrogens is 370 g/mol. The van der Waals surface area contributed by atoms with Crippen LogP contribution in [0.4, 0.5) is 0 Å². The van der Waals surface area contributed by atoms with Gasteiger partial charge in [0.1, 0.15) is 17.3 Å². The second kappa shape index (κ2) is 10.2. The zero-order chi connectivity index (χ0) is 20.6. The number of rotatable bonds is 7. The Morgan fingerprint density at radius 2 is 2.07 bits per heavy atom. The highest BCUT2D eigenvalue weighted by molar-refractivity contribution is 5.80. The molecule has 0 amide bonds. The highest BCUT2D eigenvalue weighted by Gasteiger charge is 2.20. The number of hydrogen-bond donors (Lipinski definition) is 2. The number of nitrogens with one attached hydrogen (secondary N) is 1. The number of aliphatic imine (C=N–C) groups is 1. The SMILES string of the molecule is CCNC(=NCCc1ccc(OC)cc1O)N1CCN(Cc2cc(C)on2)CC1. The molecule has 0 unspecified atom stereocenters. The van der Waals surface area contributed by atoms with Gasteiger partial charge in [-0.25, -0.2) is 0 Å². The molecule has 1 aliphatic heterocycles. The first-order valence-corrected chi connectivity index (χ1v) is 10.1. The Morgan fingerprint density at radius 3 is 2.69 bits per heavy atom. The molecule has 1 aromatic carbocycles. The summed E-state index contributed by atoms with van der Waals surface area (Å²) in [6.45, 7) is 9.98. The van der Waals surface area contributed by atoms with Gasteiger partial charge in [-0.3, -0.25) is 9.89 Å². The second-order valence-corrected chi connectivity index (χ2v) is 7.17. The van der Waals surface area contributed by atoms with Gasteiger partial charge in [0.05, 0.1) is 12.8 Å². The third-order valence-electron chi connectivity index (χ3n) is 5.00. The van der Waals surface area contributed by atoms with Crippen LogP contribution in [0.3, 0.4) is 0 Å². The maximum absolute atomic E-state index is 10.1. The van der Waals surface area contributed by atoms with Gasteiger partial charge in [-0.2, -0.15) is 0 Å². The minimum atomic E-state index is 0.251. The zero-order valence-electron chi connectivity index (χ0n) is 17.5. The Morgan fingerprint density at radius 1 is 1.28 bits per heavy atom. The molecule has 2 aromatic rings. The summed E-state index contributed by atoms with van der Waals surface area (Å²) in [6.07, 6.45) is 0.677. The van der Waals surface area contributed by atoms with E-state index in [4.69, 9.17) is 14.3 Å². The van der Waals surface area contributed by atoms with Gasteiger partial charge in [0.15, 0.2) is 5.96 Å². The molecule has 0 bridgehead atoms. The van der Waals surface area contributed by atoms with Crippen molar-refractivity contribution in [1.82, 2.24) is 20.3 Å². The van der Waals surface area contributed by atoms with Crippen LogP contribution >= 0.6 is 0 Å². The number of aromatic nitrogens is 1. The molecular formula is C21H31N5O3. The quantitative estimate of drug-likeness (QED) is 0.542. The molecule has 0 aliphatic carbocycles. The van der Waals surface area contributed by atoms with E-state index in [2.05, 4.69) is 27.2 Å². The largest absolute Gasteiger partial charge is 0.508 e. The summed E-state index contributed by atoms with van der Waals surface area (Å²) < 4.78 is 10.3. The van der Waals surface area contributed by atoms with E-state index in [1.54, 1.807) is 13.2 Å². The van der Waals surface area contributed by atoms with Gasteiger partial charge >= 0.3 is 0 Å². The third kappa shape index (κ3) is 5.87. The molecule has 2 N–H and O–H groups in total. The van der Waals surface area contributed by atoms with Crippen molar-refractivity contribution in [2.45, 2.75) is 26.8 Å². The molecule has 0 radical (unpaired) electrons. The van der Waals surface area contributed by atoms with E-state index in [1.807, 2.05) is 25.1 Å². The molecule has 3 rings (SSSR count). The van der Waals surface area contributed by atoms with Crippen LogP contribution in [0.15, 0.2) is 33.8 Å². The summed E-state index contributed by atoms with van der Waals surface area (Å²) in [7, 11) is 1.59. The van der Waals surface area contributed by atoms with Gasteiger partial charge in [-0.15, -0.1) is 0 Å². The summed E-state index contributed by atoms with van der Waals surface area (Å²) in [5.41, 5.74) is 1.86. The topological polar surface area (TPSA) is 86.4 Å². The Balaban J connectivity index is 1.52. The summed E-state index contributed by atoms with van der Waals surface area (Å²) in [4.78, 5) is 9.45. The Hall–Kier alpha value is -2.74. The van der Waals surface area contributed by atoms with Gasteiger partial charge in [-0.05, 0) is 31.9 Å². The van der Waals surface area contributed by atoms with Crippen molar-refractivity contribution in [3.05, 3.63) is 41.3 Å². The lowest BCUT2D eigenvalue weighted by atomic mass is 10.1. The number of aromatic hydroxyl groups is 1. The number of benzene rings is 1. The maximum Gasteiger partial charge on any atom is 0.194 e. The number of phenols is 1. The van der Waals surface area contributed by atoms with E-state index >= 15 is 0 Å². The Bertz CT molecular complexity index is 812. The number of ether oxygens (including phenoxy) is 1. The normalized spacial score (nSPS) is 15.6. The fraction of sp³-hybridized carbons (Fsp3) is 0.524. The van der Waals surface area contributed by atoms with Crippen LogP contribution in [0.5, 0.6) is 11.5 Å². The summed E-state index contributed by atoms with van der Waals surface area (Å²) in [5, 5.41) is 17.6. The molecule has 0 atom stereocenters. The molecule has 2 heterocycles. The van der Waals surface area contributed by atoms with E-state index in [0.717, 1.165) is 62.2 Å². The first kappa shape index (κ1) is 21.0. The molecule has 8 nitrogen and oxygen atoms in total. The minimum Gasteiger partial charge on any atom is -0.508 e. The van der Waals surface area contributed by atoms with E-state index in [-0.39, 0.29) is 5.75 Å². The molecule has 0 saturated carbocycles. The van der Waals surface area contributed by atoms with Crippen molar-refractivity contribution in [3.8, 4) is 11.5 Å². The number of nitrogens with zero attached hydrogens (tertiary/aromatic N) is 4. The average Bonchev–Trinajstić information content (AvgIpc) is 3.13.